The lowest BCUT2D eigenvalue weighted by atomic mass is 9.50. The third-order valence-electron chi connectivity index (χ3n) is 14.8. The van der Waals surface area contributed by atoms with Gasteiger partial charge in [0.05, 0.1) is 24.4 Å². The molecule has 44 heavy (non-hydrogen) atoms. The number of nitrogens with zero attached hydrogens (tertiary/aromatic N) is 1. The summed E-state index contributed by atoms with van der Waals surface area (Å²) in [6.45, 7) is 17.6. The molecule has 13 atom stereocenters. The number of esters is 2. The van der Waals surface area contributed by atoms with Gasteiger partial charge in [0.2, 0.25) is 0 Å². The van der Waals surface area contributed by atoms with Gasteiger partial charge >= 0.3 is 11.9 Å². The van der Waals surface area contributed by atoms with Crippen LogP contribution in [-0.4, -0.2) is 72.6 Å². The predicted octanol–water partition coefficient (Wildman–Crippen LogP) is 6.25. The molecule has 0 aromatic carbocycles. The van der Waals surface area contributed by atoms with Crippen molar-refractivity contribution in [1.29, 1.82) is 0 Å². The number of carbonyl (C=O) groups excluding carboxylic acids is 2. The van der Waals surface area contributed by atoms with Gasteiger partial charge in [-0.2, -0.15) is 0 Å². The largest absolute Gasteiger partial charge is 0.461 e. The molecule has 0 amide bonds. The number of likely N-dealkylation sites (N-methyl/N-ethyl adjacent to an activating group) is 1. The normalized spacial score (nSPS) is 48.0. The van der Waals surface area contributed by atoms with Crippen LogP contribution in [0.1, 0.15) is 113 Å². The standard InChI is InChI=1S/C37H61NO6/c1-21-18-27(32(34(6,7)41)42-23(3)39)43-26-19-25-24-12-11-13-28-33(4,5)29(44-30(40)20-38(9)10)14-15-37(28)22(2)36(24,37)17-16-35(25,8)31(21)26/h21-22,24-29,31-32,41H,11-20H2,1-10H3. The SMILES string of the molecule is CC(=O)OC(C1CC(C)C2C(CC3C4CCCC5C(C)(C)C(OC(=O)CN(C)C)CCC56C(C)C46CCC32C)O1)C(C)(C)O. The van der Waals surface area contributed by atoms with Gasteiger partial charge in [-0.1, -0.05) is 41.0 Å². The minimum atomic E-state index is -1.17. The zero-order valence-electron chi connectivity index (χ0n) is 29.3. The van der Waals surface area contributed by atoms with Crippen LogP contribution in [0, 0.1) is 57.2 Å². The Kier molecular flexibility index (Phi) is 7.94. The first-order chi connectivity index (χ1) is 20.4. The van der Waals surface area contributed by atoms with Gasteiger partial charge in [-0.3, -0.25) is 14.5 Å². The molecule has 250 valence electrons. The van der Waals surface area contributed by atoms with Crippen LogP contribution in [0.2, 0.25) is 0 Å². The quantitative estimate of drug-likeness (QED) is 0.354. The summed E-state index contributed by atoms with van der Waals surface area (Å²) in [6.07, 6.45) is 9.56. The van der Waals surface area contributed by atoms with E-state index in [4.69, 9.17) is 14.2 Å². The van der Waals surface area contributed by atoms with Gasteiger partial charge in [0.15, 0.2) is 6.10 Å². The average molecular weight is 616 g/mol. The Morgan fingerprint density at radius 3 is 2.34 bits per heavy atom. The minimum Gasteiger partial charge on any atom is -0.461 e. The van der Waals surface area contributed by atoms with E-state index in [2.05, 4.69) is 34.6 Å². The summed E-state index contributed by atoms with van der Waals surface area (Å²) >= 11 is 0. The van der Waals surface area contributed by atoms with Crippen LogP contribution < -0.4 is 0 Å². The fraction of sp³-hybridized carbons (Fsp3) is 0.946. The van der Waals surface area contributed by atoms with E-state index in [1.54, 1.807) is 13.8 Å². The summed E-state index contributed by atoms with van der Waals surface area (Å²) in [7, 11) is 3.86. The molecule has 0 aromatic rings. The molecule has 6 aliphatic rings. The number of fused-ring (bicyclic) bond motifs is 4. The fourth-order valence-electron chi connectivity index (χ4n) is 13.5. The molecule has 1 heterocycles. The molecule has 6 rings (SSSR count). The van der Waals surface area contributed by atoms with Crippen LogP contribution >= 0.6 is 0 Å². The maximum Gasteiger partial charge on any atom is 0.320 e. The second kappa shape index (κ2) is 10.7. The van der Waals surface area contributed by atoms with Gasteiger partial charge in [-0.05, 0) is 131 Å². The smallest absolute Gasteiger partial charge is 0.320 e. The highest BCUT2D eigenvalue weighted by atomic mass is 16.6. The van der Waals surface area contributed by atoms with Gasteiger partial charge < -0.3 is 19.3 Å². The van der Waals surface area contributed by atoms with E-state index < -0.39 is 11.7 Å². The first-order valence-electron chi connectivity index (χ1n) is 17.8. The highest BCUT2D eigenvalue weighted by molar-refractivity contribution is 5.71. The Hall–Kier alpha value is -1.18. The van der Waals surface area contributed by atoms with Crippen molar-refractivity contribution in [3.63, 3.8) is 0 Å². The molecule has 7 heteroatoms. The number of ether oxygens (including phenoxy) is 3. The molecule has 1 N–H and O–H groups in total. The van der Waals surface area contributed by atoms with E-state index in [0.717, 1.165) is 19.3 Å². The Morgan fingerprint density at radius 2 is 1.70 bits per heavy atom. The van der Waals surface area contributed by atoms with Crippen LogP contribution in [-0.2, 0) is 23.8 Å². The van der Waals surface area contributed by atoms with Crippen molar-refractivity contribution in [2.24, 2.45) is 57.2 Å². The molecule has 0 aromatic heterocycles. The molecular weight excluding hydrogens is 554 g/mol. The third kappa shape index (κ3) is 4.58. The lowest BCUT2D eigenvalue weighted by Crippen LogP contribution is -2.55. The van der Waals surface area contributed by atoms with Gasteiger partial charge in [0, 0.05) is 12.3 Å². The van der Waals surface area contributed by atoms with Crippen molar-refractivity contribution >= 4 is 11.9 Å². The molecule has 6 fully saturated rings. The molecule has 0 radical (unpaired) electrons. The summed E-state index contributed by atoms with van der Waals surface area (Å²) < 4.78 is 18.9. The Morgan fingerprint density at radius 1 is 1.00 bits per heavy atom. The van der Waals surface area contributed by atoms with Crippen molar-refractivity contribution in [3.8, 4) is 0 Å². The van der Waals surface area contributed by atoms with E-state index in [9.17, 15) is 14.7 Å². The minimum absolute atomic E-state index is 0.0118. The summed E-state index contributed by atoms with van der Waals surface area (Å²) in [4.78, 5) is 26.7. The average Bonchev–Trinajstić information content (AvgIpc) is 3.29. The molecule has 1 aliphatic heterocycles. The lowest BCUT2D eigenvalue weighted by Gasteiger charge is -2.55. The maximum absolute atomic E-state index is 12.8. The highest BCUT2D eigenvalue weighted by Gasteiger charge is 2.84. The molecule has 5 saturated carbocycles. The Balaban J connectivity index is 1.27. The van der Waals surface area contributed by atoms with Crippen molar-refractivity contribution < 1.29 is 28.9 Å². The first-order valence-corrected chi connectivity index (χ1v) is 17.8. The van der Waals surface area contributed by atoms with E-state index in [-0.39, 0.29) is 41.1 Å². The number of rotatable bonds is 6. The number of carbonyl (C=O) groups is 2. The van der Waals surface area contributed by atoms with Crippen molar-refractivity contribution in [3.05, 3.63) is 0 Å². The van der Waals surface area contributed by atoms with Gasteiger partial charge in [-0.15, -0.1) is 0 Å². The number of hydrogen-bond donors (Lipinski definition) is 1. The molecule has 7 nitrogen and oxygen atoms in total. The topological polar surface area (TPSA) is 85.3 Å². The molecule has 5 aliphatic carbocycles. The van der Waals surface area contributed by atoms with Crippen molar-refractivity contribution in [2.45, 2.75) is 143 Å². The lowest BCUT2D eigenvalue weighted by molar-refractivity contribution is -0.208. The molecule has 13 unspecified atom stereocenters. The summed E-state index contributed by atoms with van der Waals surface area (Å²) in [5, 5.41) is 11.0. The zero-order valence-corrected chi connectivity index (χ0v) is 29.3. The summed E-state index contributed by atoms with van der Waals surface area (Å²) in [5.74, 6) is 3.07. The Bertz CT molecular complexity index is 1150. The van der Waals surface area contributed by atoms with Gasteiger partial charge in [0.25, 0.3) is 0 Å². The molecule has 0 bridgehead atoms. The highest BCUT2D eigenvalue weighted by Crippen LogP contribution is 2.88. The van der Waals surface area contributed by atoms with E-state index in [1.807, 2.05) is 19.0 Å². The number of hydrogen-bond acceptors (Lipinski definition) is 7. The molecular formula is C37H61NO6. The molecule has 2 spiro atoms. The van der Waals surface area contributed by atoms with Crippen LogP contribution in [0.5, 0.6) is 0 Å². The zero-order chi connectivity index (χ0) is 32.2. The Labute approximate surface area is 266 Å². The van der Waals surface area contributed by atoms with Crippen LogP contribution in [0.4, 0.5) is 0 Å². The van der Waals surface area contributed by atoms with Crippen molar-refractivity contribution in [2.75, 3.05) is 20.6 Å². The third-order valence-corrected chi connectivity index (χ3v) is 14.8. The van der Waals surface area contributed by atoms with Gasteiger partial charge in [-0.25, -0.2) is 0 Å². The maximum atomic E-state index is 12.8. The van der Waals surface area contributed by atoms with Crippen molar-refractivity contribution in [1.82, 2.24) is 4.90 Å². The van der Waals surface area contributed by atoms with Crippen LogP contribution in [0.15, 0.2) is 0 Å². The second-order valence-corrected chi connectivity index (χ2v) is 18.0. The predicted molar refractivity (Wildman–Crippen MR) is 170 cm³/mol. The van der Waals surface area contributed by atoms with Crippen LogP contribution in [0.25, 0.3) is 0 Å². The fourth-order valence-corrected chi connectivity index (χ4v) is 13.5. The summed E-state index contributed by atoms with van der Waals surface area (Å²) in [6, 6.07) is 0. The van der Waals surface area contributed by atoms with E-state index in [0.29, 0.717) is 52.9 Å². The monoisotopic (exact) mass is 615 g/mol. The first kappa shape index (κ1) is 32.7. The van der Waals surface area contributed by atoms with E-state index in [1.165, 1.54) is 45.4 Å². The summed E-state index contributed by atoms with van der Waals surface area (Å²) in [5.41, 5.74) is -0.245. The second-order valence-electron chi connectivity index (χ2n) is 18.0. The van der Waals surface area contributed by atoms with Crippen LogP contribution in [0.3, 0.4) is 0 Å². The number of aliphatic hydroxyl groups is 1. The molecule has 1 saturated heterocycles. The van der Waals surface area contributed by atoms with E-state index >= 15 is 0 Å². The van der Waals surface area contributed by atoms with Gasteiger partial charge in [0.1, 0.15) is 6.10 Å².